The summed E-state index contributed by atoms with van der Waals surface area (Å²) in [4.78, 5) is 15.8. The van der Waals surface area contributed by atoms with Crippen LogP contribution in [0.4, 0.5) is 11.4 Å². The van der Waals surface area contributed by atoms with Gasteiger partial charge in [0.2, 0.25) is 0 Å². The molecule has 2 aromatic carbocycles. The molecule has 1 amide bonds. The standard InChI is InChI=1S/C20H25N3O2/c1-15-6-5-7-17(16(15)2)21-20(25)14-22-10-12-23(13-11-22)18-8-3-4-9-19(18)24/h3-9,24H,10-14H2,1-2H3,(H,21,25)/p+1. The number of benzene rings is 2. The van der Waals surface area contributed by atoms with Crippen LogP contribution in [-0.2, 0) is 4.79 Å². The van der Waals surface area contributed by atoms with Gasteiger partial charge < -0.3 is 20.2 Å². The van der Waals surface area contributed by atoms with Crippen molar-refractivity contribution >= 4 is 17.3 Å². The van der Waals surface area contributed by atoms with Gasteiger partial charge in [-0.25, -0.2) is 0 Å². The van der Waals surface area contributed by atoms with E-state index in [-0.39, 0.29) is 5.91 Å². The lowest BCUT2D eigenvalue weighted by molar-refractivity contribution is -0.892. The minimum atomic E-state index is 0.0553. The zero-order valence-electron chi connectivity index (χ0n) is 14.9. The first-order valence-corrected chi connectivity index (χ1v) is 8.77. The first-order chi connectivity index (χ1) is 12.0. The van der Waals surface area contributed by atoms with Crippen LogP contribution in [-0.4, -0.2) is 43.7 Å². The fourth-order valence-electron chi connectivity index (χ4n) is 3.28. The molecule has 0 bridgehead atoms. The normalized spacial score (nSPS) is 15.2. The minimum Gasteiger partial charge on any atom is -0.506 e. The number of hydrogen-bond donors (Lipinski definition) is 3. The third-order valence-electron chi connectivity index (χ3n) is 4.98. The molecule has 1 aliphatic rings. The van der Waals surface area contributed by atoms with E-state index >= 15 is 0 Å². The van der Waals surface area contributed by atoms with E-state index < -0.39 is 0 Å². The molecule has 3 N–H and O–H groups in total. The Bertz CT molecular complexity index is 752. The van der Waals surface area contributed by atoms with Crippen LogP contribution in [0.15, 0.2) is 42.5 Å². The van der Waals surface area contributed by atoms with Crippen LogP contribution >= 0.6 is 0 Å². The van der Waals surface area contributed by atoms with Gasteiger partial charge in [-0.05, 0) is 43.2 Å². The summed E-state index contributed by atoms with van der Waals surface area (Å²) in [7, 11) is 0. The van der Waals surface area contributed by atoms with Gasteiger partial charge in [0.05, 0.1) is 31.9 Å². The Morgan fingerprint density at radius 1 is 1.12 bits per heavy atom. The van der Waals surface area contributed by atoms with Crippen molar-refractivity contribution in [2.75, 3.05) is 42.9 Å². The number of anilines is 2. The number of aryl methyl sites for hydroxylation is 1. The highest BCUT2D eigenvalue weighted by atomic mass is 16.3. The maximum absolute atomic E-state index is 12.4. The smallest absolute Gasteiger partial charge is 0.279 e. The second-order valence-electron chi connectivity index (χ2n) is 6.70. The third-order valence-corrected chi connectivity index (χ3v) is 4.98. The number of piperazine rings is 1. The van der Waals surface area contributed by atoms with Crippen molar-refractivity contribution in [1.29, 1.82) is 0 Å². The lowest BCUT2D eigenvalue weighted by Gasteiger charge is -2.33. The summed E-state index contributed by atoms with van der Waals surface area (Å²) in [5.74, 6) is 0.373. The molecule has 0 atom stereocenters. The summed E-state index contributed by atoms with van der Waals surface area (Å²) < 4.78 is 0. The van der Waals surface area contributed by atoms with Crippen LogP contribution in [0, 0.1) is 13.8 Å². The SMILES string of the molecule is Cc1cccc(NC(=O)C[NH+]2CCN(c3ccccc3O)CC2)c1C. The lowest BCUT2D eigenvalue weighted by Crippen LogP contribution is -3.15. The van der Waals surface area contributed by atoms with E-state index in [0.717, 1.165) is 43.1 Å². The van der Waals surface area contributed by atoms with Crippen LogP contribution in [0.25, 0.3) is 0 Å². The van der Waals surface area contributed by atoms with Gasteiger partial charge in [-0.2, -0.15) is 0 Å². The number of para-hydroxylation sites is 2. The molecule has 2 aromatic rings. The second kappa shape index (κ2) is 7.57. The average molecular weight is 340 g/mol. The Hall–Kier alpha value is -2.53. The van der Waals surface area contributed by atoms with Crippen molar-refractivity contribution in [3.8, 4) is 5.75 Å². The molecule has 1 heterocycles. The molecule has 3 rings (SSSR count). The van der Waals surface area contributed by atoms with Gasteiger partial charge in [0, 0.05) is 5.69 Å². The van der Waals surface area contributed by atoms with E-state index in [1.54, 1.807) is 6.07 Å². The average Bonchev–Trinajstić information content (AvgIpc) is 2.60. The van der Waals surface area contributed by atoms with Crippen molar-refractivity contribution in [3.63, 3.8) is 0 Å². The molecule has 1 aliphatic heterocycles. The van der Waals surface area contributed by atoms with Gasteiger partial charge in [-0.15, -0.1) is 0 Å². The van der Waals surface area contributed by atoms with E-state index in [4.69, 9.17) is 0 Å². The molecule has 25 heavy (non-hydrogen) atoms. The van der Waals surface area contributed by atoms with Gasteiger partial charge in [0.1, 0.15) is 5.75 Å². The maximum Gasteiger partial charge on any atom is 0.279 e. The molecule has 0 aromatic heterocycles. The number of phenols is 1. The molecule has 0 aliphatic carbocycles. The molecule has 0 radical (unpaired) electrons. The number of rotatable bonds is 4. The Labute approximate surface area is 148 Å². The third kappa shape index (κ3) is 4.12. The number of nitrogens with zero attached hydrogens (tertiary/aromatic N) is 1. The predicted molar refractivity (Wildman–Crippen MR) is 100 cm³/mol. The molecule has 0 spiro atoms. The molecule has 5 heteroatoms. The summed E-state index contributed by atoms with van der Waals surface area (Å²) in [5, 5.41) is 13.0. The topological polar surface area (TPSA) is 57.0 Å². The van der Waals surface area contributed by atoms with E-state index in [1.807, 2.05) is 37.3 Å². The first kappa shape index (κ1) is 17.3. The van der Waals surface area contributed by atoms with Gasteiger partial charge in [0.15, 0.2) is 6.54 Å². The number of quaternary nitrogens is 1. The van der Waals surface area contributed by atoms with E-state index in [1.165, 1.54) is 10.5 Å². The number of nitrogens with one attached hydrogen (secondary N) is 2. The van der Waals surface area contributed by atoms with Crippen LogP contribution in [0.3, 0.4) is 0 Å². The van der Waals surface area contributed by atoms with Gasteiger partial charge in [-0.1, -0.05) is 24.3 Å². The number of carbonyl (C=O) groups is 1. The van der Waals surface area contributed by atoms with Crippen molar-refractivity contribution < 1.29 is 14.8 Å². The maximum atomic E-state index is 12.4. The van der Waals surface area contributed by atoms with Crippen molar-refractivity contribution in [1.82, 2.24) is 0 Å². The number of amides is 1. The number of phenolic OH excluding ortho intramolecular Hbond substituents is 1. The second-order valence-corrected chi connectivity index (χ2v) is 6.70. The fraction of sp³-hybridized carbons (Fsp3) is 0.350. The highest BCUT2D eigenvalue weighted by Crippen LogP contribution is 2.26. The lowest BCUT2D eigenvalue weighted by atomic mass is 10.1. The molecule has 0 unspecified atom stereocenters. The molecular formula is C20H26N3O2+. The molecule has 132 valence electrons. The van der Waals surface area contributed by atoms with E-state index in [2.05, 4.69) is 23.2 Å². The summed E-state index contributed by atoms with van der Waals surface area (Å²) in [5.41, 5.74) is 4.08. The zero-order chi connectivity index (χ0) is 17.8. The number of aromatic hydroxyl groups is 1. The molecule has 1 fully saturated rings. The van der Waals surface area contributed by atoms with Crippen molar-refractivity contribution in [3.05, 3.63) is 53.6 Å². The van der Waals surface area contributed by atoms with Crippen LogP contribution in [0.1, 0.15) is 11.1 Å². The Balaban J connectivity index is 1.53. The van der Waals surface area contributed by atoms with Crippen LogP contribution in [0.5, 0.6) is 5.75 Å². The summed E-state index contributed by atoms with van der Waals surface area (Å²) >= 11 is 0. The Morgan fingerprint density at radius 2 is 1.84 bits per heavy atom. The van der Waals surface area contributed by atoms with Crippen molar-refractivity contribution in [2.24, 2.45) is 0 Å². The fourth-order valence-corrected chi connectivity index (χ4v) is 3.28. The van der Waals surface area contributed by atoms with Crippen molar-refractivity contribution in [2.45, 2.75) is 13.8 Å². The van der Waals surface area contributed by atoms with E-state index in [9.17, 15) is 9.90 Å². The van der Waals surface area contributed by atoms with Crippen LogP contribution in [0.2, 0.25) is 0 Å². The molecule has 1 saturated heterocycles. The summed E-state index contributed by atoms with van der Waals surface area (Å²) in [6, 6.07) is 13.4. The Kier molecular flexibility index (Phi) is 5.24. The Morgan fingerprint density at radius 3 is 2.56 bits per heavy atom. The first-order valence-electron chi connectivity index (χ1n) is 8.77. The molecular weight excluding hydrogens is 314 g/mol. The quantitative estimate of drug-likeness (QED) is 0.788. The van der Waals surface area contributed by atoms with Gasteiger partial charge in [0.25, 0.3) is 5.91 Å². The zero-order valence-corrected chi connectivity index (χ0v) is 14.9. The minimum absolute atomic E-state index is 0.0553. The highest BCUT2D eigenvalue weighted by molar-refractivity contribution is 5.92. The summed E-state index contributed by atoms with van der Waals surface area (Å²) in [6.45, 7) is 8.00. The van der Waals surface area contributed by atoms with E-state index in [0.29, 0.717) is 12.3 Å². The number of carbonyl (C=O) groups excluding carboxylic acids is 1. The molecule has 0 saturated carbocycles. The largest absolute Gasteiger partial charge is 0.506 e. The monoisotopic (exact) mass is 340 g/mol. The molecule has 5 nitrogen and oxygen atoms in total. The highest BCUT2D eigenvalue weighted by Gasteiger charge is 2.23. The van der Waals surface area contributed by atoms with Crippen LogP contribution < -0.4 is 15.1 Å². The van der Waals surface area contributed by atoms with Gasteiger partial charge in [-0.3, -0.25) is 4.79 Å². The predicted octanol–water partition coefficient (Wildman–Crippen LogP) is 1.35. The summed E-state index contributed by atoms with van der Waals surface area (Å²) in [6.07, 6.45) is 0. The van der Waals surface area contributed by atoms with Gasteiger partial charge >= 0.3 is 0 Å². The number of hydrogen-bond acceptors (Lipinski definition) is 3.